The summed E-state index contributed by atoms with van der Waals surface area (Å²) < 4.78 is 29.2. The van der Waals surface area contributed by atoms with Crippen LogP contribution in [-0.2, 0) is 26.2 Å². The number of nitrogens with one attached hydrogen (secondary N) is 1. The van der Waals surface area contributed by atoms with Gasteiger partial charge in [-0.1, -0.05) is 66.6 Å². The summed E-state index contributed by atoms with van der Waals surface area (Å²) in [5.74, 6) is -0.717. The predicted octanol–water partition coefficient (Wildman–Crippen LogP) is 5.06. The van der Waals surface area contributed by atoms with Crippen LogP contribution < -0.4 is 9.62 Å². The molecule has 0 aliphatic rings. The Hall–Kier alpha value is -3.65. The van der Waals surface area contributed by atoms with Gasteiger partial charge >= 0.3 is 0 Å². The molecule has 3 aromatic rings. The molecule has 0 saturated heterocycles. The summed E-state index contributed by atoms with van der Waals surface area (Å²) in [7, 11) is -4.09. The van der Waals surface area contributed by atoms with Crippen molar-refractivity contribution in [3.63, 3.8) is 0 Å². The van der Waals surface area contributed by atoms with Gasteiger partial charge in [0.2, 0.25) is 11.8 Å². The zero-order valence-electron chi connectivity index (χ0n) is 23.7. The van der Waals surface area contributed by atoms with Crippen LogP contribution >= 0.6 is 0 Å². The highest BCUT2D eigenvalue weighted by Crippen LogP contribution is 2.29. The Morgan fingerprint density at radius 1 is 0.821 bits per heavy atom. The van der Waals surface area contributed by atoms with Crippen molar-refractivity contribution in [2.75, 3.05) is 17.4 Å². The van der Waals surface area contributed by atoms with Gasteiger partial charge in [-0.3, -0.25) is 13.9 Å². The van der Waals surface area contributed by atoms with Gasteiger partial charge in [-0.05, 0) is 75.9 Å². The minimum atomic E-state index is -4.09. The van der Waals surface area contributed by atoms with E-state index in [1.165, 1.54) is 9.21 Å². The maximum Gasteiger partial charge on any atom is 0.264 e. The van der Waals surface area contributed by atoms with Crippen LogP contribution in [0.3, 0.4) is 0 Å². The fourth-order valence-corrected chi connectivity index (χ4v) is 5.91. The summed E-state index contributed by atoms with van der Waals surface area (Å²) in [6, 6.07) is 19.1. The second-order valence-electron chi connectivity index (χ2n) is 9.94. The number of nitrogens with zero attached hydrogens (tertiary/aromatic N) is 2. The molecule has 2 amide bonds. The highest BCUT2D eigenvalue weighted by Gasteiger charge is 2.34. The first-order valence-electron chi connectivity index (χ1n) is 13.3. The highest BCUT2D eigenvalue weighted by molar-refractivity contribution is 7.92. The van der Waals surface area contributed by atoms with Crippen LogP contribution in [0, 0.1) is 27.7 Å². The van der Waals surface area contributed by atoms with Crippen LogP contribution in [0.2, 0.25) is 0 Å². The highest BCUT2D eigenvalue weighted by atomic mass is 32.2. The van der Waals surface area contributed by atoms with Gasteiger partial charge < -0.3 is 10.2 Å². The zero-order valence-corrected chi connectivity index (χ0v) is 24.5. The number of likely N-dealkylation sites (N-methyl/N-ethyl adjacent to an activating group) is 1. The number of amides is 2. The minimum Gasteiger partial charge on any atom is -0.355 e. The van der Waals surface area contributed by atoms with Crippen LogP contribution in [0.5, 0.6) is 0 Å². The third-order valence-electron chi connectivity index (χ3n) is 6.73. The molecular weight excluding hydrogens is 510 g/mol. The Balaban J connectivity index is 2.10. The van der Waals surface area contributed by atoms with Crippen LogP contribution in [-0.4, -0.2) is 44.3 Å². The normalized spacial score (nSPS) is 12.1. The molecule has 0 unspecified atom stereocenters. The summed E-state index contributed by atoms with van der Waals surface area (Å²) >= 11 is 0. The van der Waals surface area contributed by atoms with E-state index in [0.717, 1.165) is 27.8 Å². The van der Waals surface area contributed by atoms with Crippen molar-refractivity contribution < 1.29 is 18.0 Å². The van der Waals surface area contributed by atoms with E-state index in [-0.39, 0.29) is 17.3 Å². The van der Waals surface area contributed by atoms with Crippen LogP contribution in [0.1, 0.15) is 48.1 Å². The topological polar surface area (TPSA) is 86.8 Å². The number of anilines is 1. The largest absolute Gasteiger partial charge is 0.355 e. The van der Waals surface area contributed by atoms with E-state index in [1.807, 2.05) is 77.9 Å². The van der Waals surface area contributed by atoms with E-state index in [0.29, 0.717) is 18.7 Å². The van der Waals surface area contributed by atoms with Crippen molar-refractivity contribution in [2.24, 2.45) is 0 Å². The van der Waals surface area contributed by atoms with Gasteiger partial charge in [0.25, 0.3) is 10.0 Å². The second kappa shape index (κ2) is 12.9. The minimum absolute atomic E-state index is 0.0997. The maximum atomic E-state index is 14.1. The Morgan fingerprint density at radius 2 is 1.38 bits per heavy atom. The molecular formula is C31H39N3O4S. The van der Waals surface area contributed by atoms with Crippen LogP contribution in [0.15, 0.2) is 71.6 Å². The average molecular weight is 550 g/mol. The molecule has 0 aliphatic carbocycles. The molecule has 0 spiro atoms. The monoisotopic (exact) mass is 549 g/mol. The Labute approximate surface area is 232 Å². The van der Waals surface area contributed by atoms with Crippen molar-refractivity contribution in [3.8, 4) is 0 Å². The molecule has 208 valence electrons. The molecule has 0 saturated carbocycles. The summed E-state index contributed by atoms with van der Waals surface area (Å²) in [5, 5.41) is 2.83. The summed E-state index contributed by atoms with van der Waals surface area (Å²) in [4.78, 5) is 28.7. The van der Waals surface area contributed by atoms with Gasteiger partial charge in [0.05, 0.1) is 10.6 Å². The van der Waals surface area contributed by atoms with Crippen molar-refractivity contribution in [1.82, 2.24) is 10.2 Å². The SMILES string of the molecule is CCNC(=O)[C@H](CC)N(Cc1ccc(C)cc1)C(=O)CN(c1cc(C)ccc1C)S(=O)(=O)c1ccc(C)cc1. The van der Waals surface area contributed by atoms with Gasteiger partial charge in [0.1, 0.15) is 12.6 Å². The van der Waals surface area contributed by atoms with E-state index in [4.69, 9.17) is 0 Å². The molecule has 1 N–H and O–H groups in total. The number of aryl methyl sites for hydroxylation is 4. The van der Waals surface area contributed by atoms with Gasteiger partial charge in [0.15, 0.2) is 0 Å². The maximum absolute atomic E-state index is 14.1. The number of carbonyl (C=O) groups excluding carboxylic acids is 2. The van der Waals surface area contributed by atoms with Crippen molar-refractivity contribution in [2.45, 2.75) is 65.4 Å². The second-order valence-corrected chi connectivity index (χ2v) is 11.8. The number of hydrogen-bond acceptors (Lipinski definition) is 4. The summed E-state index contributed by atoms with van der Waals surface area (Å²) in [6.45, 7) is 11.4. The first kappa shape index (κ1) is 29.9. The number of hydrogen-bond donors (Lipinski definition) is 1. The number of sulfonamides is 1. The fourth-order valence-electron chi connectivity index (χ4n) is 4.44. The van der Waals surface area contributed by atoms with Crippen LogP contribution in [0.25, 0.3) is 0 Å². The molecule has 1 atom stereocenters. The predicted molar refractivity (Wildman–Crippen MR) is 156 cm³/mol. The van der Waals surface area contributed by atoms with Gasteiger partial charge in [-0.15, -0.1) is 0 Å². The lowest BCUT2D eigenvalue weighted by Crippen LogP contribution is -2.52. The molecule has 0 radical (unpaired) electrons. The first-order chi connectivity index (χ1) is 18.5. The van der Waals surface area contributed by atoms with E-state index < -0.39 is 28.5 Å². The van der Waals surface area contributed by atoms with Crippen molar-refractivity contribution >= 4 is 27.5 Å². The van der Waals surface area contributed by atoms with Gasteiger partial charge in [-0.2, -0.15) is 0 Å². The van der Waals surface area contributed by atoms with Crippen molar-refractivity contribution in [1.29, 1.82) is 0 Å². The molecule has 0 bridgehead atoms. The summed E-state index contributed by atoms with van der Waals surface area (Å²) in [6.07, 6.45) is 0.387. The molecule has 3 aromatic carbocycles. The van der Waals surface area contributed by atoms with Crippen molar-refractivity contribution in [3.05, 3.63) is 94.5 Å². The smallest absolute Gasteiger partial charge is 0.264 e. The molecule has 0 aliphatic heterocycles. The van der Waals surface area contributed by atoms with E-state index in [2.05, 4.69) is 5.32 Å². The standard InChI is InChI=1S/C31H39N3O4S/c1-7-28(31(36)32-8-2)33(20-26-15-10-22(3)11-16-26)30(35)21-34(29-19-24(5)9-14-25(29)6)39(37,38)27-17-12-23(4)13-18-27/h9-19,28H,7-8,20-21H2,1-6H3,(H,32,36)/t28-/m0/s1. The molecule has 0 fully saturated rings. The lowest BCUT2D eigenvalue weighted by molar-refractivity contribution is -0.140. The lowest BCUT2D eigenvalue weighted by atomic mass is 10.1. The lowest BCUT2D eigenvalue weighted by Gasteiger charge is -2.33. The zero-order chi connectivity index (χ0) is 28.7. The number of rotatable bonds is 11. The Kier molecular flexibility index (Phi) is 9.92. The molecule has 7 nitrogen and oxygen atoms in total. The quantitative estimate of drug-likeness (QED) is 0.362. The number of carbonyl (C=O) groups is 2. The Bertz CT molecular complexity index is 1400. The third-order valence-corrected chi connectivity index (χ3v) is 8.51. The molecule has 8 heteroatoms. The fraction of sp³-hybridized carbons (Fsp3) is 0.355. The Morgan fingerprint density at radius 3 is 1.95 bits per heavy atom. The van der Waals surface area contributed by atoms with E-state index in [9.17, 15) is 18.0 Å². The molecule has 3 rings (SSSR count). The summed E-state index contributed by atoms with van der Waals surface area (Å²) in [5.41, 5.74) is 4.90. The number of benzene rings is 3. The van der Waals surface area contributed by atoms with Crippen LogP contribution in [0.4, 0.5) is 5.69 Å². The molecule has 39 heavy (non-hydrogen) atoms. The first-order valence-corrected chi connectivity index (χ1v) is 14.7. The van der Waals surface area contributed by atoms with E-state index >= 15 is 0 Å². The van der Waals surface area contributed by atoms with Gasteiger partial charge in [-0.25, -0.2) is 8.42 Å². The van der Waals surface area contributed by atoms with Gasteiger partial charge in [0, 0.05) is 13.1 Å². The third kappa shape index (κ3) is 7.26. The molecule has 0 aromatic heterocycles. The molecule has 0 heterocycles. The van der Waals surface area contributed by atoms with E-state index in [1.54, 1.807) is 30.3 Å². The average Bonchev–Trinajstić information content (AvgIpc) is 2.90.